The Labute approximate surface area is 125 Å². The van der Waals surface area contributed by atoms with E-state index in [0.717, 1.165) is 25.5 Å². The van der Waals surface area contributed by atoms with Crippen molar-refractivity contribution in [2.75, 3.05) is 12.0 Å². The van der Waals surface area contributed by atoms with E-state index in [-0.39, 0.29) is 27.9 Å². The number of benzene rings is 1. The Balaban J connectivity index is 2.18. The first-order valence-electron chi connectivity index (χ1n) is 6.98. The van der Waals surface area contributed by atoms with Gasteiger partial charge < -0.3 is 11.1 Å². The molecule has 0 heterocycles. The predicted octanol–water partition coefficient (Wildman–Crippen LogP) is 1.98. The number of rotatable bonds is 3. The van der Waals surface area contributed by atoms with E-state index in [1.807, 2.05) is 0 Å². The quantitative estimate of drug-likeness (QED) is 0.835. The number of nitrogens with two attached hydrogens (primary N) is 1. The van der Waals surface area contributed by atoms with E-state index in [0.29, 0.717) is 5.56 Å². The lowest BCUT2D eigenvalue weighted by Gasteiger charge is -2.18. The number of sulfone groups is 1. The first kappa shape index (κ1) is 15.8. The van der Waals surface area contributed by atoms with Crippen molar-refractivity contribution in [3.05, 3.63) is 23.8 Å². The van der Waals surface area contributed by atoms with Gasteiger partial charge in [-0.15, -0.1) is 0 Å². The average molecular weight is 310 g/mol. The van der Waals surface area contributed by atoms with Crippen molar-refractivity contribution in [3.63, 3.8) is 0 Å². The molecule has 0 spiro atoms. The summed E-state index contributed by atoms with van der Waals surface area (Å²) in [6.07, 6.45) is 4.05. The summed E-state index contributed by atoms with van der Waals surface area (Å²) in [5.41, 5.74) is 6.51. The standard InChI is InChI=1S/C15H22N2O3S/c1-15(2)5-4-12(9-15)17-14(18)10-6-11(16)8-13(7-10)21(3,19)20/h6-8,12H,4-5,9,16H2,1-3H3,(H,17,18). The lowest BCUT2D eigenvalue weighted by molar-refractivity contribution is 0.0936. The summed E-state index contributed by atoms with van der Waals surface area (Å²) >= 11 is 0. The highest BCUT2D eigenvalue weighted by molar-refractivity contribution is 7.90. The summed E-state index contributed by atoms with van der Waals surface area (Å²) in [5.74, 6) is -0.269. The topological polar surface area (TPSA) is 89.3 Å². The molecule has 1 aliphatic rings. The zero-order valence-electron chi connectivity index (χ0n) is 12.6. The maximum atomic E-state index is 12.3. The van der Waals surface area contributed by atoms with Crippen LogP contribution in [0.3, 0.4) is 0 Å². The van der Waals surface area contributed by atoms with Crippen LogP contribution in [-0.4, -0.2) is 26.6 Å². The minimum atomic E-state index is -3.39. The Morgan fingerprint density at radius 1 is 1.33 bits per heavy atom. The van der Waals surface area contributed by atoms with E-state index in [9.17, 15) is 13.2 Å². The third-order valence-electron chi connectivity index (χ3n) is 3.92. The largest absolute Gasteiger partial charge is 0.399 e. The lowest BCUT2D eigenvalue weighted by atomic mass is 9.92. The maximum Gasteiger partial charge on any atom is 0.251 e. The minimum absolute atomic E-state index is 0.0689. The summed E-state index contributed by atoms with van der Waals surface area (Å²) < 4.78 is 23.2. The zero-order chi connectivity index (χ0) is 15.8. The number of amides is 1. The Morgan fingerprint density at radius 3 is 2.52 bits per heavy atom. The molecular weight excluding hydrogens is 288 g/mol. The van der Waals surface area contributed by atoms with Crippen LogP contribution >= 0.6 is 0 Å². The molecule has 1 aromatic rings. The van der Waals surface area contributed by atoms with Crippen LogP contribution in [0.25, 0.3) is 0 Å². The van der Waals surface area contributed by atoms with Gasteiger partial charge in [-0.3, -0.25) is 4.79 Å². The van der Waals surface area contributed by atoms with Gasteiger partial charge in [0.25, 0.3) is 5.91 Å². The van der Waals surface area contributed by atoms with Crippen LogP contribution < -0.4 is 11.1 Å². The number of hydrogen-bond donors (Lipinski definition) is 2. The molecule has 6 heteroatoms. The molecule has 0 saturated heterocycles. The van der Waals surface area contributed by atoms with Crippen molar-refractivity contribution >= 4 is 21.4 Å². The predicted molar refractivity (Wildman–Crippen MR) is 82.9 cm³/mol. The van der Waals surface area contributed by atoms with Crippen LogP contribution in [0.15, 0.2) is 23.1 Å². The van der Waals surface area contributed by atoms with Crippen LogP contribution in [0.1, 0.15) is 43.5 Å². The van der Waals surface area contributed by atoms with Gasteiger partial charge >= 0.3 is 0 Å². The second kappa shape index (κ2) is 5.33. The second-order valence-corrected chi connectivity index (χ2v) is 8.66. The molecule has 116 valence electrons. The Hall–Kier alpha value is -1.56. The normalized spacial score (nSPS) is 21.2. The third-order valence-corrected chi connectivity index (χ3v) is 5.01. The van der Waals surface area contributed by atoms with E-state index in [4.69, 9.17) is 5.73 Å². The van der Waals surface area contributed by atoms with Crippen LogP contribution in [0.2, 0.25) is 0 Å². The van der Waals surface area contributed by atoms with Gasteiger partial charge in [-0.1, -0.05) is 13.8 Å². The fourth-order valence-electron chi connectivity index (χ4n) is 2.80. The van der Waals surface area contributed by atoms with Gasteiger partial charge in [0.1, 0.15) is 0 Å². The fourth-order valence-corrected chi connectivity index (χ4v) is 3.49. The van der Waals surface area contributed by atoms with Crippen LogP contribution in [0, 0.1) is 5.41 Å². The first-order chi connectivity index (χ1) is 9.57. The van der Waals surface area contributed by atoms with Crippen molar-refractivity contribution < 1.29 is 13.2 Å². The van der Waals surface area contributed by atoms with E-state index in [1.54, 1.807) is 0 Å². The summed E-state index contributed by atoms with van der Waals surface area (Å²) in [6, 6.07) is 4.38. The summed E-state index contributed by atoms with van der Waals surface area (Å²) in [7, 11) is -3.39. The van der Waals surface area contributed by atoms with Gasteiger partial charge in [-0.05, 0) is 42.9 Å². The number of hydrogen-bond acceptors (Lipinski definition) is 4. The highest BCUT2D eigenvalue weighted by atomic mass is 32.2. The number of carbonyl (C=O) groups is 1. The van der Waals surface area contributed by atoms with Gasteiger partial charge in [0, 0.05) is 23.5 Å². The smallest absolute Gasteiger partial charge is 0.251 e. The molecule has 1 fully saturated rings. The Bertz CT molecular complexity index is 665. The summed E-state index contributed by atoms with van der Waals surface area (Å²) in [5, 5.41) is 2.97. The molecule has 1 atom stereocenters. The number of nitrogen functional groups attached to an aromatic ring is 1. The van der Waals surface area contributed by atoms with E-state index in [1.165, 1.54) is 18.2 Å². The summed E-state index contributed by atoms with van der Waals surface area (Å²) in [4.78, 5) is 12.4. The molecule has 1 aromatic carbocycles. The molecule has 0 bridgehead atoms. The molecule has 1 aliphatic carbocycles. The molecule has 1 saturated carbocycles. The molecule has 5 nitrogen and oxygen atoms in total. The highest BCUT2D eigenvalue weighted by Gasteiger charge is 2.31. The molecular formula is C15H22N2O3S. The highest BCUT2D eigenvalue weighted by Crippen LogP contribution is 2.37. The Kier molecular flexibility index (Phi) is 4.02. The number of nitrogens with one attached hydrogen (secondary N) is 1. The average Bonchev–Trinajstić information content (AvgIpc) is 2.66. The SMILES string of the molecule is CC1(C)CCC(NC(=O)c2cc(N)cc(S(C)(=O)=O)c2)C1. The monoisotopic (exact) mass is 310 g/mol. The molecule has 1 amide bonds. The molecule has 3 N–H and O–H groups in total. The summed E-state index contributed by atoms with van der Waals surface area (Å²) in [6.45, 7) is 4.36. The first-order valence-corrected chi connectivity index (χ1v) is 8.87. The van der Waals surface area contributed by atoms with Crippen molar-refractivity contribution in [1.29, 1.82) is 0 Å². The third kappa shape index (κ3) is 3.97. The van der Waals surface area contributed by atoms with Crippen LogP contribution in [0.4, 0.5) is 5.69 Å². The molecule has 0 aromatic heterocycles. The van der Waals surface area contributed by atoms with Crippen molar-refractivity contribution in [2.24, 2.45) is 5.41 Å². The van der Waals surface area contributed by atoms with E-state index >= 15 is 0 Å². The van der Waals surface area contributed by atoms with Gasteiger partial charge in [0.2, 0.25) is 0 Å². The minimum Gasteiger partial charge on any atom is -0.399 e. The molecule has 0 radical (unpaired) electrons. The number of carbonyl (C=O) groups excluding carboxylic acids is 1. The molecule has 2 rings (SSSR count). The van der Waals surface area contributed by atoms with Crippen molar-refractivity contribution in [3.8, 4) is 0 Å². The maximum absolute atomic E-state index is 12.3. The lowest BCUT2D eigenvalue weighted by Crippen LogP contribution is -2.33. The van der Waals surface area contributed by atoms with Crippen molar-refractivity contribution in [1.82, 2.24) is 5.32 Å². The molecule has 1 unspecified atom stereocenters. The van der Waals surface area contributed by atoms with E-state index in [2.05, 4.69) is 19.2 Å². The molecule has 21 heavy (non-hydrogen) atoms. The van der Waals surface area contributed by atoms with Crippen molar-refractivity contribution in [2.45, 2.75) is 44.0 Å². The van der Waals surface area contributed by atoms with Gasteiger partial charge in [0.15, 0.2) is 9.84 Å². The second-order valence-electron chi connectivity index (χ2n) is 6.64. The van der Waals surface area contributed by atoms with Crippen LogP contribution in [-0.2, 0) is 9.84 Å². The van der Waals surface area contributed by atoms with Gasteiger partial charge in [0.05, 0.1) is 4.90 Å². The molecule has 0 aliphatic heterocycles. The van der Waals surface area contributed by atoms with Gasteiger partial charge in [-0.25, -0.2) is 8.42 Å². The van der Waals surface area contributed by atoms with E-state index < -0.39 is 9.84 Å². The fraction of sp³-hybridized carbons (Fsp3) is 0.533. The number of anilines is 1. The Morgan fingerprint density at radius 2 is 2.00 bits per heavy atom. The van der Waals surface area contributed by atoms with Crippen LogP contribution in [0.5, 0.6) is 0 Å². The van der Waals surface area contributed by atoms with Gasteiger partial charge in [-0.2, -0.15) is 0 Å². The zero-order valence-corrected chi connectivity index (χ0v) is 13.5.